The van der Waals surface area contributed by atoms with Crippen LogP contribution in [0.1, 0.15) is 34.6 Å². The molecule has 0 spiro atoms. The highest BCUT2D eigenvalue weighted by molar-refractivity contribution is 7.86. The number of Topliss-reactive ketones (excluding diaryl/α,β-unsaturated/α-hetero) is 1. The first-order valence-electron chi connectivity index (χ1n) is 14.3. The fourth-order valence-corrected chi connectivity index (χ4v) is 6.32. The number of ketones is 1. The molecule has 18 heteroatoms. The quantitative estimate of drug-likeness (QED) is 0.0898. The standard InChI is InChI=1S/C31H32N4O12S2/c36-19-20(37)17-34(30(25-5-1-3-11-32-25)23-15-21(48(42,43)44)7-9-27(23)38)13-14-35(18-29(40)41)31(26-6-2-4-12-33-26)24-16-22(49(45,46)47)8-10-28(24)39/h1-12,15-16,30-31,36,38-39H,13-14,17-19H2,(H,40,41)(H,42,43,44)(H,45,46,47)/t30-,31?/m0/s1. The number of aliphatic carboxylic acids is 1. The van der Waals surface area contributed by atoms with Crippen molar-refractivity contribution in [3.8, 4) is 11.5 Å². The van der Waals surface area contributed by atoms with Gasteiger partial charge in [0.05, 0.1) is 46.4 Å². The van der Waals surface area contributed by atoms with Crippen LogP contribution in [0.2, 0.25) is 0 Å². The summed E-state index contributed by atoms with van der Waals surface area (Å²) in [4.78, 5) is 35.1. The zero-order chi connectivity index (χ0) is 35.9. The van der Waals surface area contributed by atoms with Crippen molar-refractivity contribution in [2.24, 2.45) is 0 Å². The average Bonchev–Trinajstić information content (AvgIpc) is 3.04. The average molecular weight is 717 g/mol. The molecule has 0 saturated heterocycles. The number of hydrogen-bond donors (Lipinski definition) is 6. The molecule has 6 N–H and O–H groups in total. The Morgan fingerprint density at radius 2 is 1.10 bits per heavy atom. The second-order valence-corrected chi connectivity index (χ2v) is 13.6. The topological polar surface area (TPSA) is 256 Å². The lowest BCUT2D eigenvalue weighted by Gasteiger charge is -2.36. The Hall–Kier alpha value is -4.82. The van der Waals surface area contributed by atoms with Crippen molar-refractivity contribution in [3.05, 3.63) is 108 Å². The Balaban J connectivity index is 1.89. The molecule has 4 aromatic rings. The van der Waals surface area contributed by atoms with Crippen LogP contribution < -0.4 is 0 Å². The first-order chi connectivity index (χ1) is 23.1. The monoisotopic (exact) mass is 716 g/mol. The van der Waals surface area contributed by atoms with Crippen molar-refractivity contribution in [1.29, 1.82) is 0 Å². The van der Waals surface area contributed by atoms with Crippen molar-refractivity contribution in [2.75, 3.05) is 32.8 Å². The van der Waals surface area contributed by atoms with E-state index in [0.29, 0.717) is 0 Å². The van der Waals surface area contributed by atoms with Gasteiger partial charge in [-0.05, 0) is 60.7 Å². The first kappa shape index (κ1) is 37.0. The number of aromatic hydroxyl groups is 2. The van der Waals surface area contributed by atoms with Crippen LogP contribution in [0.15, 0.2) is 95.0 Å². The predicted octanol–water partition coefficient (Wildman–Crippen LogP) is 1.51. The number of aliphatic hydroxyl groups excluding tert-OH is 1. The Bertz CT molecular complexity index is 2010. The molecule has 49 heavy (non-hydrogen) atoms. The minimum Gasteiger partial charge on any atom is -0.508 e. The molecule has 4 rings (SSSR count). The van der Waals surface area contributed by atoms with Gasteiger partial charge in [-0.2, -0.15) is 16.8 Å². The molecule has 2 atom stereocenters. The number of nitrogens with zero attached hydrogens (tertiary/aromatic N) is 4. The van der Waals surface area contributed by atoms with Crippen molar-refractivity contribution in [3.63, 3.8) is 0 Å². The molecule has 0 saturated carbocycles. The third kappa shape index (κ3) is 9.42. The minimum absolute atomic E-state index is 0.107. The predicted molar refractivity (Wildman–Crippen MR) is 171 cm³/mol. The fraction of sp³-hybridized carbons (Fsp3) is 0.226. The maximum absolute atomic E-state index is 12.7. The van der Waals surface area contributed by atoms with Gasteiger partial charge in [0.1, 0.15) is 18.1 Å². The molecule has 2 aromatic carbocycles. The van der Waals surface area contributed by atoms with Crippen molar-refractivity contribution < 1.29 is 56.0 Å². The molecular formula is C31H32N4O12S2. The normalized spacial score (nSPS) is 13.3. The molecule has 2 heterocycles. The van der Waals surface area contributed by atoms with E-state index in [1.54, 1.807) is 24.3 Å². The molecule has 1 unspecified atom stereocenters. The maximum Gasteiger partial charge on any atom is 0.317 e. The highest BCUT2D eigenvalue weighted by Crippen LogP contribution is 2.37. The van der Waals surface area contributed by atoms with Crippen molar-refractivity contribution in [1.82, 2.24) is 19.8 Å². The summed E-state index contributed by atoms with van der Waals surface area (Å²) in [6.07, 6.45) is 2.79. The summed E-state index contributed by atoms with van der Waals surface area (Å²) in [5.74, 6) is -2.95. The molecule has 0 bridgehead atoms. The number of rotatable bonds is 16. The number of carbonyl (C=O) groups excluding carboxylic acids is 1. The molecule has 0 aliphatic rings. The van der Waals surface area contributed by atoms with E-state index in [0.717, 1.165) is 36.4 Å². The molecule has 0 aliphatic carbocycles. The van der Waals surface area contributed by atoms with E-state index < -0.39 is 85.1 Å². The molecule has 0 amide bonds. The zero-order valence-electron chi connectivity index (χ0n) is 25.5. The third-order valence-electron chi connectivity index (χ3n) is 7.42. The minimum atomic E-state index is -4.77. The number of carbonyl (C=O) groups is 2. The summed E-state index contributed by atoms with van der Waals surface area (Å²) in [6.45, 7) is -2.68. The van der Waals surface area contributed by atoms with Crippen LogP contribution in [0, 0.1) is 0 Å². The highest BCUT2D eigenvalue weighted by Gasteiger charge is 2.33. The Labute approximate surface area is 281 Å². The third-order valence-corrected chi connectivity index (χ3v) is 9.12. The summed E-state index contributed by atoms with van der Waals surface area (Å²) in [6, 6.07) is 12.8. The highest BCUT2D eigenvalue weighted by atomic mass is 32.2. The van der Waals surface area contributed by atoms with E-state index in [1.165, 1.54) is 34.3 Å². The van der Waals surface area contributed by atoms with Gasteiger partial charge in [-0.3, -0.25) is 38.5 Å². The van der Waals surface area contributed by atoms with E-state index in [-0.39, 0.29) is 35.6 Å². The van der Waals surface area contributed by atoms with Crippen LogP contribution in [-0.4, -0.2) is 111 Å². The van der Waals surface area contributed by atoms with Crippen LogP contribution in [-0.2, 0) is 29.8 Å². The van der Waals surface area contributed by atoms with Crippen LogP contribution >= 0.6 is 0 Å². The largest absolute Gasteiger partial charge is 0.508 e. The van der Waals surface area contributed by atoms with Crippen molar-refractivity contribution >= 4 is 32.0 Å². The Morgan fingerprint density at radius 1 is 0.673 bits per heavy atom. The lowest BCUT2D eigenvalue weighted by atomic mass is 9.98. The number of hydrogen-bond acceptors (Lipinski definition) is 13. The van der Waals surface area contributed by atoms with Gasteiger partial charge in [-0.25, -0.2) is 0 Å². The zero-order valence-corrected chi connectivity index (χ0v) is 27.1. The van der Waals surface area contributed by atoms with Crippen LogP contribution in [0.5, 0.6) is 11.5 Å². The summed E-state index contributed by atoms with van der Waals surface area (Å²) in [5.41, 5.74) is 0.127. The van der Waals surface area contributed by atoms with Gasteiger partial charge < -0.3 is 20.4 Å². The number of carboxylic acids is 1. The molecule has 2 aromatic heterocycles. The van der Waals surface area contributed by atoms with Gasteiger partial charge in [0.25, 0.3) is 20.2 Å². The van der Waals surface area contributed by atoms with Gasteiger partial charge >= 0.3 is 5.97 Å². The van der Waals surface area contributed by atoms with Gasteiger partial charge in [0, 0.05) is 36.6 Å². The van der Waals surface area contributed by atoms with Gasteiger partial charge in [-0.15, -0.1) is 0 Å². The number of benzene rings is 2. The Kier molecular flexibility index (Phi) is 11.8. The molecule has 16 nitrogen and oxygen atoms in total. The second-order valence-electron chi connectivity index (χ2n) is 10.7. The summed E-state index contributed by atoms with van der Waals surface area (Å²) < 4.78 is 67.6. The number of aromatic nitrogens is 2. The lowest BCUT2D eigenvalue weighted by Crippen LogP contribution is -2.44. The van der Waals surface area contributed by atoms with Gasteiger partial charge in [0.2, 0.25) is 0 Å². The Morgan fingerprint density at radius 3 is 1.45 bits per heavy atom. The number of phenols is 2. The number of phenolic OH excluding ortho intramolecular Hbond substituents is 2. The van der Waals surface area contributed by atoms with Crippen LogP contribution in [0.25, 0.3) is 0 Å². The number of pyridine rings is 2. The maximum atomic E-state index is 12.7. The SMILES string of the molecule is O=C(O)CN(CCN(CC(=O)CO)[C@H](c1ccccn1)c1cc(S(=O)(=O)O)ccc1O)C(c1ccccn1)c1cc(S(=O)(=O)O)ccc1O. The lowest BCUT2D eigenvalue weighted by molar-refractivity contribution is -0.139. The molecule has 0 radical (unpaired) electrons. The van der Waals surface area contributed by atoms with Gasteiger partial charge in [-0.1, -0.05) is 12.1 Å². The fourth-order valence-electron chi connectivity index (χ4n) is 5.29. The van der Waals surface area contributed by atoms with Gasteiger partial charge in [0.15, 0.2) is 5.78 Å². The molecule has 260 valence electrons. The molecule has 0 fully saturated rings. The first-order valence-corrected chi connectivity index (χ1v) is 17.2. The number of aliphatic hydroxyl groups is 1. The van der Waals surface area contributed by atoms with Crippen molar-refractivity contribution in [2.45, 2.75) is 21.9 Å². The molecule has 0 aliphatic heterocycles. The van der Waals surface area contributed by atoms with Crippen LogP contribution in [0.4, 0.5) is 0 Å². The summed E-state index contributed by atoms with van der Waals surface area (Å²) in [7, 11) is -9.53. The molecular weight excluding hydrogens is 684 g/mol. The van der Waals surface area contributed by atoms with E-state index >= 15 is 0 Å². The summed E-state index contributed by atoms with van der Waals surface area (Å²) in [5, 5.41) is 41.4. The van der Waals surface area contributed by atoms with E-state index in [1.807, 2.05) is 0 Å². The number of carboxylic acid groups (broad SMARTS) is 1. The summed E-state index contributed by atoms with van der Waals surface area (Å²) >= 11 is 0. The second kappa shape index (κ2) is 15.6. The van der Waals surface area contributed by atoms with E-state index in [2.05, 4.69) is 9.97 Å². The van der Waals surface area contributed by atoms with Crippen LogP contribution in [0.3, 0.4) is 0 Å². The van der Waals surface area contributed by atoms with E-state index in [4.69, 9.17) is 0 Å². The van der Waals surface area contributed by atoms with E-state index in [9.17, 15) is 56.0 Å². The smallest absolute Gasteiger partial charge is 0.317 e.